The van der Waals surface area contributed by atoms with Crippen LogP contribution in [-0.4, -0.2) is 36.2 Å². The molecule has 20 heavy (non-hydrogen) atoms. The third-order valence-corrected chi connectivity index (χ3v) is 5.29. The lowest BCUT2D eigenvalue weighted by atomic mass is 9.97. The van der Waals surface area contributed by atoms with E-state index >= 15 is 0 Å². The second kappa shape index (κ2) is 6.22. The molecule has 3 rings (SSSR count). The van der Waals surface area contributed by atoms with Crippen molar-refractivity contribution in [1.29, 1.82) is 0 Å². The number of rotatable bonds is 4. The third kappa shape index (κ3) is 3.14. The summed E-state index contributed by atoms with van der Waals surface area (Å²) in [5.74, 6) is 1.05. The summed E-state index contributed by atoms with van der Waals surface area (Å²) in [6, 6.07) is 3.95. The van der Waals surface area contributed by atoms with Gasteiger partial charge in [-0.25, -0.2) is 0 Å². The first kappa shape index (κ1) is 14.6. The molecular formula is C15H20BrClN2O. The topological polar surface area (TPSA) is 35.5 Å². The molecular weight excluding hydrogens is 340 g/mol. The van der Waals surface area contributed by atoms with Crippen molar-refractivity contribution < 1.29 is 5.11 Å². The number of halogens is 2. The van der Waals surface area contributed by atoms with Crippen LogP contribution in [-0.2, 0) is 0 Å². The predicted molar refractivity (Wildman–Crippen MR) is 85.3 cm³/mol. The first-order valence-electron chi connectivity index (χ1n) is 7.28. The zero-order valence-corrected chi connectivity index (χ0v) is 13.8. The molecule has 0 spiro atoms. The summed E-state index contributed by atoms with van der Waals surface area (Å²) in [5.41, 5.74) is 0.964. The monoisotopic (exact) mass is 358 g/mol. The first-order valence-corrected chi connectivity index (χ1v) is 8.45. The van der Waals surface area contributed by atoms with Gasteiger partial charge in [-0.15, -0.1) is 0 Å². The van der Waals surface area contributed by atoms with Gasteiger partial charge >= 0.3 is 0 Å². The zero-order valence-electron chi connectivity index (χ0n) is 11.4. The second-order valence-corrected chi connectivity index (χ2v) is 7.03. The fourth-order valence-electron chi connectivity index (χ4n) is 2.99. The summed E-state index contributed by atoms with van der Waals surface area (Å²) in [6.07, 6.45) is 3.76. The zero-order chi connectivity index (χ0) is 14.1. The van der Waals surface area contributed by atoms with Crippen molar-refractivity contribution in [1.82, 2.24) is 10.2 Å². The molecule has 2 aliphatic rings. The van der Waals surface area contributed by atoms with Crippen LogP contribution in [0, 0.1) is 5.92 Å². The summed E-state index contributed by atoms with van der Waals surface area (Å²) in [6.45, 7) is 4.08. The van der Waals surface area contributed by atoms with Crippen molar-refractivity contribution in [2.45, 2.75) is 25.3 Å². The normalized spacial score (nSPS) is 21.9. The Bertz CT molecular complexity index is 487. The number of phenols is 1. The Morgan fingerprint density at radius 2 is 2.05 bits per heavy atom. The summed E-state index contributed by atoms with van der Waals surface area (Å²) in [5, 5.41) is 14.2. The molecule has 1 saturated carbocycles. The number of nitrogens with one attached hydrogen (secondary N) is 1. The summed E-state index contributed by atoms with van der Waals surface area (Å²) in [4.78, 5) is 2.48. The van der Waals surface area contributed by atoms with Gasteiger partial charge in [0.1, 0.15) is 5.75 Å². The highest BCUT2D eigenvalue weighted by Crippen LogP contribution is 2.46. The van der Waals surface area contributed by atoms with Crippen molar-refractivity contribution in [3.05, 3.63) is 27.2 Å². The van der Waals surface area contributed by atoms with E-state index in [-0.39, 0.29) is 11.8 Å². The number of phenolic OH excluding ortho intramolecular Hbond substituents is 1. The van der Waals surface area contributed by atoms with E-state index in [1.807, 2.05) is 6.07 Å². The summed E-state index contributed by atoms with van der Waals surface area (Å²) >= 11 is 9.72. The first-order chi connectivity index (χ1) is 9.66. The second-order valence-electron chi connectivity index (χ2n) is 5.77. The molecule has 110 valence electrons. The van der Waals surface area contributed by atoms with Crippen LogP contribution in [0.5, 0.6) is 5.75 Å². The Morgan fingerprint density at radius 1 is 1.35 bits per heavy atom. The van der Waals surface area contributed by atoms with Crippen LogP contribution in [0.15, 0.2) is 16.6 Å². The number of benzene rings is 1. The molecule has 0 radical (unpaired) electrons. The van der Waals surface area contributed by atoms with E-state index in [2.05, 4.69) is 26.1 Å². The highest BCUT2D eigenvalue weighted by Gasteiger charge is 2.33. The van der Waals surface area contributed by atoms with E-state index in [0.29, 0.717) is 5.02 Å². The van der Waals surface area contributed by atoms with E-state index in [0.717, 1.165) is 48.6 Å². The molecule has 1 aliphatic carbocycles. The molecule has 5 heteroatoms. The maximum Gasteiger partial charge on any atom is 0.140 e. The Balaban J connectivity index is 1.93. The smallest absolute Gasteiger partial charge is 0.140 e. The van der Waals surface area contributed by atoms with Crippen LogP contribution >= 0.6 is 27.5 Å². The highest BCUT2D eigenvalue weighted by atomic mass is 79.9. The fraction of sp³-hybridized carbons (Fsp3) is 0.600. The van der Waals surface area contributed by atoms with Crippen LogP contribution in [0.4, 0.5) is 0 Å². The molecule has 1 aromatic rings. The minimum atomic E-state index is 0.241. The highest BCUT2D eigenvalue weighted by molar-refractivity contribution is 9.10. The summed E-state index contributed by atoms with van der Waals surface area (Å²) in [7, 11) is 0. The van der Waals surface area contributed by atoms with Crippen LogP contribution in [0.3, 0.4) is 0 Å². The van der Waals surface area contributed by atoms with Gasteiger partial charge in [-0.05, 0) is 24.5 Å². The van der Waals surface area contributed by atoms with E-state index < -0.39 is 0 Å². The van der Waals surface area contributed by atoms with Gasteiger partial charge in [-0.1, -0.05) is 40.4 Å². The quantitative estimate of drug-likeness (QED) is 0.863. The Kier molecular flexibility index (Phi) is 4.55. The maximum atomic E-state index is 10.4. The average Bonchev–Trinajstić information content (AvgIpc) is 3.27. The van der Waals surface area contributed by atoms with Crippen molar-refractivity contribution in [3.63, 3.8) is 0 Å². The van der Waals surface area contributed by atoms with Crippen LogP contribution in [0.25, 0.3) is 0 Å². The van der Waals surface area contributed by atoms with Crippen LogP contribution < -0.4 is 5.32 Å². The minimum Gasteiger partial charge on any atom is -0.506 e. The molecule has 1 atom stereocenters. The van der Waals surface area contributed by atoms with Crippen LogP contribution in [0.2, 0.25) is 5.02 Å². The van der Waals surface area contributed by atoms with Gasteiger partial charge < -0.3 is 10.4 Å². The number of piperazine rings is 1. The predicted octanol–water partition coefficient (Wildman–Crippen LogP) is 3.55. The van der Waals surface area contributed by atoms with Crippen molar-refractivity contribution in [2.24, 2.45) is 5.92 Å². The number of aromatic hydroxyl groups is 1. The standard InChI is InChI=1S/C15H20BrClN2O/c16-11-3-4-12(17)15(20)14(11)13(9-10-1-2-10)19-7-5-18-6-8-19/h3-4,10,13,18,20H,1-2,5-9H2/t13-/m1/s1. The van der Waals surface area contributed by atoms with E-state index in [4.69, 9.17) is 11.6 Å². The maximum absolute atomic E-state index is 10.4. The lowest BCUT2D eigenvalue weighted by Crippen LogP contribution is -2.45. The van der Waals surface area contributed by atoms with Crippen LogP contribution in [0.1, 0.15) is 30.9 Å². The molecule has 2 fully saturated rings. The molecule has 1 aromatic carbocycles. The lowest BCUT2D eigenvalue weighted by molar-refractivity contribution is 0.157. The van der Waals surface area contributed by atoms with Gasteiger partial charge in [0.2, 0.25) is 0 Å². The minimum absolute atomic E-state index is 0.241. The molecule has 3 nitrogen and oxygen atoms in total. The Morgan fingerprint density at radius 3 is 2.70 bits per heavy atom. The van der Waals surface area contributed by atoms with Gasteiger partial charge in [0.15, 0.2) is 0 Å². The van der Waals surface area contributed by atoms with Gasteiger partial charge in [0, 0.05) is 42.3 Å². The number of hydrogen-bond donors (Lipinski definition) is 2. The van der Waals surface area contributed by atoms with Gasteiger partial charge in [-0.2, -0.15) is 0 Å². The van der Waals surface area contributed by atoms with Crippen molar-refractivity contribution in [3.8, 4) is 5.75 Å². The molecule has 1 aliphatic heterocycles. The van der Waals surface area contributed by atoms with Gasteiger partial charge in [0.05, 0.1) is 5.02 Å². The fourth-order valence-corrected chi connectivity index (χ4v) is 3.74. The Hall–Kier alpha value is -0.290. The lowest BCUT2D eigenvalue weighted by Gasteiger charge is -2.36. The third-order valence-electron chi connectivity index (χ3n) is 4.29. The molecule has 0 bridgehead atoms. The molecule has 0 aromatic heterocycles. The molecule has 0 amide bonds. The van der Waals surface area contributed by atoms with Crippen molar-refractivity contribution in [2.75, 3.05) is 26.2 Å². The summed E-state index contributed by atoms with van der Waals surface area (Å²) < 4.78 is 0.962. The van der Waals surface area contributed by atoms with E-state index in [1.54, 1.807) is 6.07 Å². The van der Waals surface area contributed by atoms with E-state index in [9.17, 15) is 5.11 Å². The Labute approximate surface area is 133 Å². The number of nitrogens with zero attached hydrogens (tertiary/aromatic N) is 1. The van der Waals surface area contributed by atoms with Gasteiger partial charge in [-0.3, -0.25) is 4.90 Å². The molecule has 2 N–H and O–H groups in total. The number of hydrogen-bond acceptors (Lipinski definition) is 3. The molecule has 1 heterocycles. The largest absolute Gasteiger partial charge is 0.506 e. The average molecular weight is 360 g/mol. The van der Waals surface area contributed by atoms with E-state index in [1.165, 1.54) is 12.8 Å². The van der Waals surface area contributed by atoms with Gasteiger partial charge in [0.25, 0.3) is 0 Å². The van der Waals surface area contributed by atoms with Crippen molar-refractivity contribution >= 4 is 27.5 Å². The molecule has 0 unspecified atom stereocenters. The SMILES string of the molecule is Oc1c(Cl)ccc(Br)c1[C@@H](CC1CC1)N1CCNCC1. The molecule has 1 saturated heterocycles.